The van der Waals surface area contributed by atoms with Crippen LogP contribution in [0.1, 0.15) is 12.8 Å². The van der Waals surface area contributed by atoms with Crippen LogP contribution in [-0.2, 0) is 17.6 Å². The first kappa shape index (κ1) is 11.9. The normalized spacial score (nSPS) is 29.9. The van der Waals surface area contributed by atoms with E-state index in [0.717, 1.165) is 18.3 Å². The number of benzene rings is 1. The van der Waals surface area contributed by atoms with Crippen molar-refractivity contribution in [2.45, 2.75) is 18.9 Å². The molecule has 1 heterocycles. The van der Waals surface area contributed by atoms with Crippen molar-refractivity contribution in [2.75, 3.05) is 6.54 Å². The van der Waals surface area contributed by atoms with Gasteiger partial charge in [-0.3, -0.25) is 0 Å². The molecule has 1 aromatic carbocycles. The quantitative estimate of drug-likeness (QED) is 0.656. The summed E-state index contributed by atoms with van der Waals surface area (Å²) in [7, 11) is 0.356. The second-order valence-corrected chi connectivity index (χ2v) is 6.57. The average Bonchev–Trinajstić information content (AvgIpc) is 2.61. The van der Waals surface area contributed by atoms with E-state index in [1.807, 2.05) is 30.3 Å². The Labute approximate surface area is 102 Å². The zero-order chi connectivity index (χ0) is 11.6. The molecule has 2 rings (SSSR count). The molecule has 1 aliphatic rings. The van der Waals surface area contributed by atoms with Crippen molar-refractivity contribution >= 4 is 32.8 Å². The Morgan fingerprint density at radius 2 is 2.12 bits per heavy atom. The summed E-state index contributed by atoms with van der Waals surface area (Å²) in [5.41, 5.74) is 0. The number of rotatable bonds is 3. The van der Waals surface area contributed by atoms with Crippen LogP contribution in [0.5, 0.6) is 0 Å². The highest BCUT2D eigenvalue weighted by Gasteiger charge is 2.38. The van der Waals surface area contributed by atoms with Gasteiger partial charge in [0, 0.05) is 18.1 Å². The van der Waals surface area contributed by atoms with Gasteiger partial charge in [-0.05, 0) is 12.1 Å². The van der Waals surface area contributed by atoms with E-state index in [-0.39, 0.29) is 3.66 Å². The number of nitrogens with zero attached hydrogens (tertiary/aromatic N) is 1. The van der Waals surface area contributed by atoms with Gasteiger partial charge >= 0.3 is 5.97 Å². The number of carbonyl (C=O) groups is 1. The molecule has 0 saturated carbocycles. The summed E-state index contributed by atoms with van der Waals surface area (Å²) in [5, 5.41) is 10.3. The summed E-state index contributed by atoms with van der Waals surface area (Å²) in [6.07, 6.45) is 1.62. The van der Waals surface area contributed by atoms with Crippen LogP contribution >= 0.6 is 8.73 Å². The Morgan fingerprint density at radius 3 is 2.75 bits per heavy atom. The summed E-state index contributed by atoms with van der Waals surface area (Å²) in [5.74, 6) is -0.754. The van der Waals surface area contributed by atoms with Crippen LogP contribution in [0.15, 0.2) is 30.3 Å². The minimum Gasteiger partial charge on any atom is -0.492 e. The van der Waals surface area contributed by atoms with Crippen molar-refractivity contribution < 1.29 is 13.6 Å². The second kappa shape index (κ2) is 4.74. The van der Waals surface area contributed by atoms with Crippen LogP contribution in [0, 0.1) is 0 Å². The maximum atomic E-state index is 11.1. The molecule has 1 aliphatic heterocycles. The molecule has 0 amide bonds. The van der Waals surface area contributed by atoms with Crippen molar-refractivity contribution in [1.29, 1.82) is 0 Å². The Kier molecular flexibility index (Phi) is 3.53. The highest BCUT2D eigenvalue weighted by molar-refractivity contribution is 7.60. The molecule has 3 unspecified atom stereocenters. The molecule has 1 aromatic rings. The van der Waals surface area contributed by atoms with Crippen LogP contribution in [0.4, 0.5) is 0 Å². The third-order valence-corrected chi connectivity index (χ3v) is 5.06. The first-order valence-corrected chi connectivity index (χ1v) is 6.58. The lowest BCUT2D eigenvalue weighted by atomic mass is 10.2. The summed E-state index contributed by atoms with van der Waals surface area (Å²) in [6.45, 7) is 0.791. The van der Waals surface area contributed by atoms with Gasteiger partial charge in [0.15, 0.2) is 6.04 Å². The number of carboxylic acid groups (broad SMARTS) is 1. The van der Waals surface area contributed by atoms with E-state index in [1.165, 1.54) is 0 Å². The van der Waals surface area contributed by atoms with Gasteiger partial charge < -0.3 is 21.6 Å². The van der Waals surface area contributed by atoms with Crippen LogP contribution in [0.25, 0.3) is 0 Å². The molecule has 3 nitrogen and oxygen atoms in total. The van der Waals surface area contributed by atoms with Crippen molar-refractivity contribution in [1.82, 2.24) is 0 Å². The third kappa shape index (κ3) is 2.40. The molecule has 1 fully saturated rings. The third-order valence-electron chi connectivity index (χ3n) is 2.85. The van der Waals surface area contributed by atoms with Gasteiger partial charge in [-0.2, -0.15) is 0 Å². The fraction of sp³-hybridized carbons (Fsp3) is 0.364. The summed E-state index contributed by atoms with van der Waals surface area (Å²) in [4.78, 5) is 11.1. The molecule has 86 valence electrons. The Morgan fingerprint density at radius 1 is 1.44 bits per heavy atom. The Bertz CT molecular complexity index is 387. The highest BCUT2D eigenvalue weighted by Crippen LogP contribution is 2.38. The van der Waals surface area contributed by atoms with E-state index < -0.39 is 12.0 Å². The van der Waals surface area contributed by atoms with Gasteiger partial charge in [0.05, 0.1) is 6.54 Å². The molecule has 1 N–H and O–H groups in total. The molecule has 3 atom stereocenters. The van der Waals surface area contributed by atoms with Gasteiger partial charge in [-0.25, -0.2) is 4.79 Å². The monoisotopic (exact) mass is 255 g/mol. The van der Waals surface area contributed by atoms with E-state index in [9.17, 15) is 4.79 Å². The topological polar surface area (TPSA) is 37.3 Å². The predicted molar refractivity (Wildman–Crippen MR) is 67.5 cm³/mol. The number of quaternary nitrogens is 1. The summed E-state index contributed by atoms with van der Waals surface area (Å²) in [6, 6.07) is 9.52. The number of hydrogen-bond donors (Lipinski definition) is 1. The molecule has 1 saturated heterocycles. The van der Waals surface area contributed by atoms with Crippen LogP contribution in [0.2, 0.25) is 0 Å². The van der Waals surface area contributed by atoms with E-state index >= 15 is 0 Å². The smallest absolute Gasteiger partial charge is 0.361 e. The minimum atomic E-state index is -0.754. The maximum Gasteiger partial charge on any atom is 0.361 e. The molecular formula is C11H14NO2PS. The van der Waals surface area contributed by atoms with E-state index in [0.29, 0.717) is 15.2 Å². The molecule has 0 aromatic heterocycles. The number of hydrogen-bond acceptors (Lipinski definition) is 2. The predicted octanol–water partition coefficient (Wildman–Crippen LogP) is 1.43. The van der Waals surface area contributed by atoms with Gasteiger partial charge in [0.2, 0.25) is 0 Å². The first-order chi connectivity index (χ1) is 7.62. The number of carboxylic acids is 1. The molecular weight excluding hydrogens is 241 g/mol. The lowest BCUT2D eigenvalue weighted by Gasteiger charge is -2.43. The average molecular weight is 255 g/mol. The van der Waals surface area contributed by atoms with Crippen molar-refractivity contribution in [3.05, 3.63) is 30.3 Å². The van der Waals surface area contributed by atoms with E-state index in [4.69, 9.17) is 17.9 Å². The molecule has 16 heavy (non-hydrogen) atoms. The van der Waals surface area contributed by atoms with Crippen LogP contribution in [-0.4, -0.2) is 27.3 Å². The van der Waals surface area contributed by atoms with Gasteiger partial charge in [-0.1, -0.05) is 18.2 Å². The fourth-order valence-electron chi connectivity index (χ4n) is 2.05. The van der Waals surface area contributed by atoms with Crippen molar-refractivity contribution in [3.8, 4) is 0 Å². The Hall–Kier alpha value is -0.570. The molecule has 0 radical (unpaired) electrons. The van der Waals surface area contributed by atoms with Crippen molar-refractivity contribution in [2.24, 2.45) is 0 Å². The van der Waals surface area contributed by atoms with E-state index in [2.05, 4.69) is 0 Å². The molecule has 0 spiro atoms. The standard InChI is InChI=1S/C11H14NO2PS/c13-11(14)10-7-4-8-12(10,16)15-9-5-2-1-3-6-9/h1-3,5-6,10,15H,4,7-8H2,(H,13,14). The van der Waals surface area contributed by atoms with Crippen LogP contribution in [0.3, 0.4) is 0 Å². The molecule has 5 heteroatoms. The molecule has 0 aliphatic carbocycles. The number of aliphatic carboxylic acids is 1. The van der Waals surface area contributed by atoms with Gasteiger partial charge in [0.1, 0.15) is 8.73 Å². The first-order valence-electron chi connectivity index (χ1n) is 5.27. The maximum absolute atomic E-state index is 11.1. The van der Waals surface area contributed by atoms with Gasteiger partial charge in [0.25, 0.3) is 0 Å². The Balaban J connectivity index is 2.16. The zero-order valence-electron chi connectivity index (χ0n) is 8.80. The van der Waals surface area contributed by atoms with Crippen molar-refractivity contribution in [3.63, 3.8) is 0 Å². The van der Waals surface area contributed by atoms with Crippen LogP contribution < -0.4 is 5.30 Å². The largest absolute Gasteiger partial charge is 0.492 e. The lowest BCUT2D eigenvalue weighted by molar-refractivity contribution is -0.658. The second-order valence-electron chi connectivity index (χ2n) is 3.99. The SMILES string of the molecule is O=C(O)C1CCC[N+]1([S-])Pc1ccccc1. The summed E-state index contributed by atoms with van der Waals surface area (Å²) >= 11 is 5.52. The summed E-state index contributed by atoms with van der Waals surface area (Å²) < 4.78 is 0.249. The van der Waals surface area contributed by atoms with Gasteiger partial charge in [-0.15, -0.1) is 0 Å². The highest BCUT2D eigenvalue weighted by atomic mass is 32.1. The minimum absolute atomic E-state index is 0.249. The zero-order valence-corrected chi connectivity index (χ0v) is 10.6. The fourth-order valence-corrected chi connectivity index (χ4v) is 4.14. The van der Waals surface area contributed by atoms with E-state index in [1.54, 1.807) is 0 Å². The lowest BCUT2D eigenvalue weighted by Crippen LogP contribution is -2.44. The molecule has 0 bridgehead atoms.